The maximum atomic E-state index is 11.7. The minimum absolute atomic E-state index is 0.258. The van der Waals surface area contributed by atoms with Crippen LogP contribution in [0.4, 0.5) is 0 Å². The summed E-state index contributed by atoms with van der Waals surface area (Å²) in [5.74, 6) is 2.41. The Morgan fingerprint density at radius 1 is 1.20 bits per heavy atom. The maximum Gasteiger partial charge on any atom is 0.223 e. The van der Waals surface area contributed by atoms with Crippen LogP contribution in [0.2, 0.25) is 0 Å². The Balaban J connectivity index is 1.87. The third-order valence-corrected chi connectivity index (χ3v) is 4.14. The first-order valence-corrected chi connectivity index (χ1v) is 6.68. The van der Waals surface area contributed by atoms with Gasteiger partial charge in [-0.05, 0) is 24.7 Å². The highest BCUT2D eigenvalue weighted by Gasteiger charge is 2.32. The summed E-state index contributed by atoms with van der Waals surface area (Å²) in [6.07, 6.45) is 7.21. The van der Waals surface area contributed by atoms with Gasteiger partial charge in [0.1, 0.15) is 0 Å². The highest BCUT2D eigenvalue weighted by molar-refractivity contribution is 6.18. The lowest BCUT2D eigenvalue weighted by Gasteiger charge is -2.41. The molecule has 2 nitrogen and oxygen atoms in total. The molecule has 2 rings (SSSR count). The molecule has 2 fully saturated rings. The summed E-state index contributed by atoms with van der Waals surface area (Å²) in [7, 11) is 0. The van der Waals surface area contributed by atoms with E-state index in [9.17, 15) is 4.79 Å². The highest BCUT2D eigenvalue weighted by atomic mass is 35.5. The second-order valence-electron chi connectivity index (χ2n) is 4.87. The number of nitrogens with zero attached hydrogens (tertiary/aromatic N) is 1. The second-order valence-corrected chi connectivity index (χ2v) is 5.25. The van der Waals surface area contributed by atoms with Crippen molar-refractivity contribution in [2.75, 3.05) is 19.0 Å². The first-order chi connectivity index (χ1) is 7.31. The van der Waals surface area contributed by atoms with E-state index >= 15 is 0 Å². The number of hydrogen-bond donors (Lipinski definition) is 0. The summed E-state index contributed by atoms with van der Waals surface area (Å²) < 4.78 is 0. The molecule has 0 spiro atoms. The maximum absolute atomic E-state index is 11.7. The zero-order valence-electron chi connectivity index (χ0n) is 9.25. The Kier molecular flexibility index (Phi) is 3.90. The Morgan fingerprint density at radius 2 is 1.93 bits per heavy atom. The molecule has 1 aliphatic carbocycles. The molecular weight excluding hydrogens is 210 g/mol. The average molecular weight is 230 g/mol. The molecule has 1 heterocycles. The van der Waals surface area contributed by atoms with Crippen LogP contribution in [0.3, 0.4) is 0 Å². The molecule has 1 aliphatic heterocycles. The molecular formula is C12H20ClNO. The van der Waals surface area contributed by atoms with Gasteiger partial charge in [-0.15, -0.1) is 11.6 Å². The van der Waals surface area contributed by atoms with Crippen LogP contribution in [0.25, 0.3) is 0 Å². The molecule has 2 aliphatic rings. The summed E-state index contributed by atoms with van der Waals surface area (Å²) in [6, 6.07) is 0. The van der Waals surface area contributed by atoms with Crippen molar-refractivity contribution in [2.24, 2.45) is 11.8 Å². The van der Waals surface area contributed by atoms with Crippen LogP contribution < -0.4 is 0 Å². The van der Waals surface area contributed by atoms with E-state index < -0.39 is 0 Å². The number of hydrogen-bond acceptors (Lipinski definition) is 1. The number of fused-ring (bicyclic) bond motifs is 1. The summed E-state index contributed by atoms with van der Waals surface area (Å²) in [5.41, 5.74) is 0. The lowest BCUT2D eigenvalue weighted by molar-refractivity contribution is -0.133. The zero-order valence-corrected chi connectivity index (χ0v) is 10.0. The standard InChI is InChI=1S/C12H20ClNO/c13-7-5-12(15)14-8-6-10-3-1-2-4-11(10)9-14/h10-11H,1-9H2. The van der Waals surface area contributed by atoms with Gasteiger partial charge in [-0.1, -0.05) is 19.3 Å². The van der Waals surface area contributed by atoms with E-state index in [1.165, 1.54) is 32.1 Å². The number of likely N-dealkylation sites (tertiary alicyclic amines) is 1. The second kappa shape index (κ2) is 5.20. The molecule has 2 atom stereocenters. The van der Waals surface area contributed by atoms with Crippen LogP contribution >= 0.6 is 11.6 Å². The third-order valence-electron chi connectivity index (χ3n) is 3.95. The van der Waals surface area contributed by atoms with Crippen molar-refractivity contribution < 1.29 is 4.79 Å². The van der Waals surface area contributed by atoms with Crippen LogP contribution in [0.15, 0.2) is 0 Å². The van der Waals surface area contributed by atoms with Gasteiger partial charge in [0.25, 0.3) is 0 Å². The normalized spacial score (nSPS) is 31.1. The van der Waals surface area contributed by atoms with Crippen molar-refractivity contribution in [1.82, 2.24) is 4.90 Å². The molecule has 0 radical (unpaired) electrons. The number of carbonyl (C=O) groups is 1. The molecule has 1 amide bonds. The number of rotatable bonds is 2. The van der Waals surface area contributed by atoms with Crippen LogP contribution in [0, 0.1) is 11.8 Å². The number of piperidine rings is 1. The highest BCUT2D eigenvalue weighted by Crippen LogP contribution is 2.36. The van der Waals surface area contributed by atoms with Gasteiger partial charge in [-0.3, -0.25) is 4.79 Å². The smallest absolute Gasteiger partial charge is 0.223 e. The summed E-state index contributed by atoms with van der Waals surface area (Å²) in [4.78, 5) is 13.8. The van der Waals surface area contributed by atoms with Gasteiger partial charge in [0.05, 0.1) is 0 Å². The predicted molar refractivity (Wildman–Crippen MR) is 62.0 cm³/mol. The monoisotopic (exact) mass is 229 g/mol. The Bertz CT molecular complexity index is 232. The molecule has 0 aromatic carbocycles. The van der Waals surface area contributed by atoms with Crippen molar-refractivity contribution in [3.8, 4) is 0 Å². The van der Waals surface area contributed by atoms with Gasteiger partial charge in [-0.25, -0.2) is 0 Å². The van der Waals surface area contributed by atoms with Gasteiger partial charge in [0.15, 0.2) is 0 Å². The molecule has 15 heavy (non-hydrogen) atoms. The van der Waals surface area contributed by atoms with Gasteiger partial charge in [0.2, 0.25) is 5.91 Å². The molecule has 0 aromatic heterocycles. The fourth-order valence-corrected chi connectivity index (χ4v) is 3.23. The molecule has 86 valence electrons. The van der Waals surface area contributed by atoms with Crippen LogP contribution in [0.5, 0.6) is 0 Å². The minimum atomic E-state index is 0.258. The number of halogens is 1. The van der Waals surface area contributed by atoms with E-state index in [2.05, 4.69) is 0 Å². The van der Waals surface area contributed by atoms with Crippen LogP contribution in [-0.2, 0) is 4.79 Å². The number of carbonyl (C=O) groups excluding carboxylic acids is 1. The van der Waals surface area contributed by atoms with E-state index in [4.69, 9.17) is 11.6 Å². The summed E-state index contributed by atoms with van der Waals surface area (Å²) in [6.45, 7) is 1.97. The first-order valence-electron chi connectivity index (χ1n) is 6.15. The fourth-order valence-electron chi connectivity index (χ4n) is 3.07. The van der Waals surface area contributed by atoms with Crippen molar-refractivity contribution in [3.05, 3.63) is 0 Å². The Labute approximate surface area is 97.0 Å². The lowest BCUT2D eigenvalue weighted by atomic mass is 9.75. The summed E-state index contributed by atoms with van der Waals surface area (Å²) in [5, 5.41) is 0. The van der Waals surface area contributed by atoms with E-state index in [0.29, 0.717) is 12.3 Å². The molecule has 3 heteroatoms. The van der Waals surface area contributed by atoms with Gasteiger partial charge < -0.3 is 4.90 Å². The van der Waals surface area contributed by atoms with Crippen molar-refractivity contribution >= 4 is 17.5 Å². The van der Waals surface area contributed by atoms with Gasteiger partial charge in [0, 0.05) is 25.4 Å². The minimum Gasteiger partial charge on any atom is -0.342 e. The third kappa shape index (κ3) is 2.66. The molecule has 0 N–H and O–H groups in total. The number of alkyl halides is 1. The van der Waals surface area contributed by atoms with E-state index in [1.807, 2.05) is 4.90 Å². The van der Waals surface area contributed by atoms with Gasteiger partial charge in [-0.2, -0.15) is 0 Å². The predicted octanol–water partition coefficient (Wildman–Crippen LogP) is 2.65. The van der Waals surface area contributed by atoms with E-state index in [1.54, 1.807) is 0 Å². The fraction of sp³-hybridized carbons (Fsp3) is 0.917. The molecule has 0 aromatic rings. The Hall–Kier alpha value is -0.240. The van der Waals surface area contributed by atoms with Crippen molar-refractivity contribution in [2.45, 2.75) is 38.5 Å². The van der Waals surface area contributed by atoms with Crippen LogP contribution in [0.1, 0.15) is 38.5 Å². The molecule has 1 saturated heterocycles. The summed E-state index contributed by atoms with van der Waals surface area (Å²) >= 11 is 5.61. The van der Waals surface area contributed by atoms with Crippen LogP contribution in [-0.4, -0.2) is 29.8 Å². The first kappa shape index (κ1) is 11.3. The largest absolute Gasteiger partial charge is 0.342 e. The molecule has 1 saturated carbocycles. The molecule has 2 unspecified atom stereocenters. The van der Waals surface area contributed by atoms with Crippen molar-refractivity contribution in [3.63, 3.8) is 0 Å². The topological polar surface area (TPSA) is 20.3 Å². The van der Waals surface area contributed by atoms with E-state index in [-0.39, 0.29) is 5.91 Å². The SMILES string of the molecule is O=C(CCCl)N1CCC2CCCCC2C1. The number of amides is 1. The Morgan fingerprint density at radius 3 is 2.67 bits per heavy atom. The average Bonchev–Trinajstić information content (AvgIpc) is 2.29. The lowest BCUT2D eigenvalue weighted by Crippen LogP contribution is -2.44. The quantitative estimate of drug-likeness (QED) is 0.667. The van der Waals surface area contributed by atoms with Crippen molar-refractivity contribution in [1.29, 1.82) is 0 Å². The molecule has 0 bridgehead atoms. The van der Waals surface area contributed by atoms with E-state index in [0.717, 1.165) is 24.9 Å². The zero-order chi connectivity index (χ0) is 10.7. The van der Waals surface area contributed by atoms with Gasteiger partial charge >= 0.3 is 0 Å².